The fourth-order valence-electron chi connectivity index (χ4n) is 2.62. The molecule has 0 saturated heterocycles. The Labute approximate surface area is 173 Å². The van der Waals surface area contributed by atoms with Crippen molar-refractivity contribution in [2.45, 2.75) is 0 Å². The number of hydrogen-bond donors (Lipinski definition) is 2. The number of amides is 1. The second-order valence-corrected chi connectivity index (χ2v) is 6.44. The third-order valence-electron chi connectivity index (χ3n) is 3.97. The number of ether oxygens (including phenoxy) is 2. The Morgan fingerprint density at radius 2 is 1.66 bits per heavy atom. The number of nitrogens with one attached hydrogen (secondary N) is 2. The molecule has 6 nitrogen and oxygen atoms in total. The van der Waals surface area contributed by atoms with E-state index < -0.39 is 18.5 Å². The Morgan fingerprint density at radius 3 is 2.41 bits per heavy atom. The minimum Gasteiger partial charge on any atom is -0.495 e. The molecule has 0 radical (unpaired) electrons. The van der Waals surface area contributed by atoms with Gasteiger partial charge in [0.15, 0.2) is 6.61 Å². The summed E-state index contributed by atoms with van der Waals surface area (Å²) in [6.45, 7) is -0.450. The first kappa shape index (κ1) is 20.2. The van der Waals surface area contributed by atoms with Gasteiger partial charge in [-0.1, -0.05) is 41.9 Å². The molecule has 0 aliphatic carbocycles. The first-order chi connectivity index (χ1) is 14.1. The number of methoxy groups -OCH3 is 1. The zero-order valence-electron chi connectivity index (χ0n) is 15.6. The second-order valence-electron chi connectivity index (χ2n) is 6.01. The van der Waals surface area contributed by atoms with Crippen LogP contribution in [0.15, 0.2) is 72.8 Å². The Balaban J connectivity index is 1.64. The van der Waals surface area contributed by atoms with Gasteiger partial charge in [0.25, 0.3) is 5.91 Å². The van der Waals surface area contributed by atoms with Gasteiger partial charge in [-0.05, 0) is 42.5 Å². The molecule has 0 aliphatic rings. The largest absolute Gasteiger partial charge is 0.495 e. The standard InChI is InChI=1S/C22H19ClN2O4/c1-28-20-12-11-15(23)13-19(20)25-21(26)14-29-22(27)17-9-5-6-10-18(17)24-16-7-3-2-4-8-16/h2-13,24H,14H2,1H3,(H,25,26). The predicted molar refractivity (Wildman–Crippen MR) is 113 cm³/mol. The quantitative estimate of drug-likeness (QED) is 0.542. The Bertz CT molecular complexity index is 1010. The van der Waals surface area contributed by atoms with E-state index in [1.807, 2.05) is 30.3 Å². The van der Waals surface area contributed by atoms with Crippen LogP contribution in [0.1, 0.15) is 10.4 Å². The molecule has 3 aromatic rings. The van der Waals surface area contributed by atoms with Crippen molar-refractivity contribution in [2.75, 3.05) is 24.4 Å². The molecule has 0 fully saturated rings. The van der Waals surface area contributed by atoms with Crippen molar-refractivity contribution in [3.63, 3.8) is 0 Å². The first-order valence-electron chi connectivity index (χ1n) is 8.78. The van der Waals surface area contributed by atoms with E-state index in [0.29, 0.717) is 27.7 Å². The van der Waals surface area contributed by atoms with Crippen molar-refractivity contribution in [3.05, 3.63) is 83.4 Å². The number of para-hydroxylation sites is 2. The molecule has 0 saturated carbocycles. The highest BCUT2D eigenvalue weighted by Crippen LogP contribution is 2.27. The van der Waals surface area contributed by atoms with E-state index in [1.54, 1.807) is 42.5 Å². The number of benzene rings is 3. The van der Waals surface area contributed by atoms with E-state index in [4.69, 9.17) is 21.1 Å². The fraction of sp³-hybridized carbons (Fsp3) is 0.0909. The SMILES string of the molecule is COc1ccc(Cl)cc1NC(=O)COC(=O)c1ccccc1Nc1ccccc1. The third kappa shape index (κ3) is 5.49. The molecule has 0 atom stereocenters. The van der Waals surface area contributed by atoms with Crippen LogP contribution in [0.25, 0.3) is 0 Å². The van der Waals surface area contributed by atoms with Gasteiger partial charge >= 0.3 is 5.97 Å². The van der Waals surface area contributed by atoms with E-state index in [1.165, 1.54) is 7.11 Å². The summed E-state index contributed by atoms with van der Waals surface area (Å²) >= 11 is 5.95. The van der Waals surface area contributed by atoms with Crippen molar-refractivity contribution < 1.29 is 19.1 Å². The number of carbonyl (C=O) groups excluding carboxylic acids is 2. The average Bonchev–Trinajstić information content (AvgIpc) is 2.73. The van der Waals surface area contributed by atoms with E-state index in [2.05, 4.69) is 10.6 Å². The van der Waals surface area contributed by atoms with Crippen molar-refractivity contribution in [1.29, 1.82) is 0 Å². The number of esters is 1. The molecule has 3 aromatic carbocycles. The normalized spacial score (nSPS) is 10.1. The maximum atomic E-state index is 12.5. The maximum absolute atomic E-state index is 12.5. The second kappa shape index (κ2) is 9.61. The lowest BCUT2D eigenvalue weighted by Gasteiger charge is -2.13. The van der Waals surface area contributed by atoms with Crippen LogP contribution in [-0.2, 0) is 9.53 Å². The molecule has 3 rings (SSSR count). The fourth-order valence-corrected chi connectivity index (χ4v) is 2.79. The molecular formula is C22H19ClN2O4. The lowest BCUT2D eigenvalue weighted by atomic mass is 10.1. The molecule has 0 spiro atoms. The predicted octanol–water partition coefficient (Wildman–Crippen LogP) is 4.89. The molecule has 0 aromatic heterocycles. The minimum absolute atomic E-state index is 0.324. The smallest absolute Gasteiger partial charge is 0.340 e. The summed E-state index contributed by atoms with van der Waals surface area (Å²) < 4.78 is 10.4. The summed E-state index contributed by atoms with van der Waals surface area (Å²) in [6.07, 6.45) is 0. The van der Waals surface area contributed by atoms with Crippen molar-refractivity contribution >= 4 is 40.5 Å². The Morgan fingerprint density at radius 1 is 0.931 bits per heavy atom. The maximum Gasteiger partial charge on any atom is 0.340 e. The van der Waals surface area contributed by atoms with Gasteiger partial charge in [0.1, 0.15) is 5.75 Å². The van der Waals surface area contributed by atoms with Crippen LogP contribution in [0.4, 0.5) is 17.1 Å². The molecular weight excluding hydrogens is 392 g/mol. The van der Waals surface area contributed by atoms with Gasteiger partial charge in [-0.2, -0.15) is 0 Å². The van der Waals surface area contributed by atoms with Gasteiger partial charge in [0.2, 0.25) is 0 Å². The average molecular weight is 411 g/mol. The summed E-state index contributed by atoms with van der Waals surface area (Å²) in [7, 11) is 1.48. The van der Waals surface area contributed by atoms with Crippen molar-refractivity contribution in [3.8, 4) is 5.75 Å². The highest BCUT2D eigenvalue weighted by Gasteiger charge is 2.15. The summed E-state index contributed by atoms with van der Waals surface area (Å²) in [4.78, 5) is 24.7. The number of rotatable bonds is 7. The third-order valence-corrected chi connectivity index (χ3v) is 4.20. The topological polar surface area (TPSA) is 76.7 Å². The Kier molecular flexibility index (Phi) is 6.71. The molecule has 29 heavy (non-hydrogen) atoms. The summed E-state index contributed by atoms with van der Waals surface area (Å²) in [5.74, 6) is -0.670. The number of anilines is 3. The molecule has 0 aliphatic heterocycles. The van der Waals surface area contributed by atoms with Crippen LogP contribution in [0, 0.1) is 0 Å². The van der Waals surface area contributed by atoms with Gasteiger partial charge in [-0.25, -0.2) is 4.79 Å². The van der Waals surface area contributed by atoms with Crippen molar-refractivity contribution in [1.82, 2.24) is 0 Å². The number of carbonyl (C=O) groups is 2. The lowest BCUT2D eigenvalue weighted by molar-refractivity contribution is -0.119. The van der Waals surface area contributed by atoms with Crippen LogP contribution >= 0.6 is 11.6 Å². The molecule has 0 heterocycles. The van der Waals surface area contributed by atoms with Gasteiger partial charge in [-0.15, -0.1) is 0 Å². The van der Waals surface area contributed by atoms with E-state index in [0.717, 1.165) is 5.69 Å². The van der Waals surface area contributed by atoms with Crippen LogP contribution in [0.5, 0.6) is 5.75 Å². The van der Waals surface area contributed by atoms with Crippen LogP contribution in [0.2, 0.25) is 5.02 Å². The van der Waals surface area contributed by atoms with Gasteiger partial charge in [-0.3, -0.25) is 4.79 Å². The summed E-state index contributed by atoms with van der Waals surface area (Å²) in [5.41, 5.74) is 2.14. The Hall–Kier alpha value is -3.51. The van der Waals surface area contributed by atoms with Crippen LogP contribution < -0.4 is 15.4 Å². The molecule has 7 heteroatoms. The molecule has 2 N–H and O–H groups in total. The van der Waals surface area contributed by atoms with Crippen molar-refractivity contribution in [2.24, 2.45) is 0 Å². The van der Waals surface area contributed by atoms with Gasteiger partial charge < -0.3 is 20.1 Å². The number of hydrogen-bond acceptors (Lipinski definition) is 5. The zero-order valence-corrected chi connectivity index (χ0v) is 16.4. The monoisotopic (exact) mass is 410 g/mol. The van der Waals surface area contributed by atoms with Gasteiger partial charge in [0.05, 0.1) is 24.0 Å². The van der Waals surface area contributed by atoms with E-state index in [9.17, 15) is 9.59 Å². The highest BCUT2D eigenvalue weighted by atomic mass is 35.5. The number of halogens is 1. The van der Waals surface area contributed by atoms with E-state index >= 15 is 0 Å². The van der Waals surface area contributed by atoms with Gasteiger partial charge in [0, 0.05) is 10.7 Å². The first-order valence-corrected chi connectivity index (χ1v) is 9.16. The summed E-state index contributed by atoms with van der Waals surface area (Å²) in [5, 5.41) is 6.24. The van der Waals surface area contributed by atoms with Crippen LogP contribution in [-0.4, -0.2) is 25.6 Å². The highest BCUT2D eigenvalue weighted by molar-refractivity contribution is 6.31. The molecule has 1 amide bonds. The molecule has 148 valence electrons. The molecule has 0 bridgehead atoms. The minimum atomic E-state index is -0.614. The van der Waals surface area contributed by atoms with E-state index in [-0.39, 0.29) is 0 Å². The lowest BCUT2D eigenvalue weighted by Crippen LogP contribution is -2.21. The van der Waals surface area contributed by atoms with Crippen LogP contribution in [0.3, 0.4) is 0 Å². The summed E-state index contributed by atoms with van der Waals surface area (Å²) in [6, 6.07) is 21.2. The zero-order chi connectivity index (χ0) is 20.6. The molecule has 0 unspecified atom stereocenters.